The maximum Gasteiger partial charge on any atom is 0.300 e. The number of carbonyl (C=O) groups is 3. The summed E-state index contributed by atoms with van der Waals surface area (Å²) < 4.78 is 0. The lowest BCUT2D eigenvalue weighted by Crippen LogP contribution is -2.29. The fourth-order valence-corrected chi connectivity index (χ4v) is 3.88. The van der Waals surface area contributed by atoms with Crippen molar-refractivity contribution in [2.24, 2.45) is 0 Å². The van der Waals surface area contributed by atoms with Gasteiger partial charge in [0, 0.05) is 30.1 Å². The number of rotatable bonds is 5. The number of hydrogen-bond donors (Lipinski definition) is 2. The average Bonchev–Trinajstić information content (AvgIpc) is 3.10. The van der Waals surface area contributed by atoms with Gasteiger partial charge >= 0.3 is 0 Å². The number of pyridine rings is 1. The highest BCUT2D eigenvalue weighted by Crippen LogP contribution is 2.41. The van der Waals surface area contributed by atoms with E-state index < -0.39 is 17.7 Å². The molecule has 166 valence electrons. The first-order valence-electron chi connectivity index (χ1n) is 10.6. The maximum atomic E-state index is 13.1. The zero-order valence-corrected chi connectivity index (χ0v) is 18.3. The summed E-state index contributed by atoms with van der Waals surface area (Å²) in [6.07, 6.45) is 2.42. The van der Waals surface area contributed by atoms with Gasteiger partial charge in [0.2, 0.25) is 5.91 Å². The van der Waals surface area contributed by atoms with Crippen LogP contribution < -0.4 is 10.2 Å². The van der Waals surface area contributed by atoms with Gasteiger partial charge in [0.25, 0.3) is 11.7 Å². The molecule has 0 saturated carbocycles. The van der Waals surface area contributed by atoms with Crippen molar-refractivity contribution in [3.8, 4) is 0 Å². The van der Waals surface area contributed by atoms with E-state index in [2.05, 4.69) is 10.3 Å². The number of anilines is 2. The van der Waals surface area contributed by atoms with Crippen molar-refractivity contribution in [2.45, 2.75) is 26.3 Å². The zero-order valence-electron chi connectivity index (χ0n) is 18.3. The number of ketones is 1. The predicted molar refractivity (Wildman–Crippen MR) is 126 cm³/mol. The first-order valence-corrected chi connectivity index (χ1v) is 10.6. The van der Waals surface area contributed by atoms with E-state index >= 15 is 0 Å². The van der Waals surface area contributed by atoms with Gasteiger partial charge < -0.3 is 10.4 Å². The molecule has 0 radical (unpaired) electrons. The van der Waals surface area contributed by atoms with Crippen LogP contribution in [0.5, 0.6) is 0 Å². The highest BCUT2D eigenvalue weighted by molar-refractivity contribution is 6.51. The van der Waals surface area contributed by atoms with Crippen molar-refractivity contribution in [1.82, 2.24) is 4.98 Å². The Bertz CT molecular complexity index is 1230. The fourth-order valence-electron chi connectivity index (χ4n) is 3.88. The third-order valence-electron chi connectivity index (χ3n) is 5.51. The maximum absolute atomic E-state index is 13.1. The molecule has 1 aliphatic heterocycles. The lowest BCUT2D eigenvalue weighted by atomic mass is 9.97. The Kier molecular flexibility index (Phi) is 6.04. The van der Waals surface area contributed by atoms with Crippen LogP contribution in [0, 0.1) is 0 Å². The van der Waals surface area contributed by atoms with Crippen LogP contribution in [0.4, 0.5) is 11.4 Å². The van der Waals surface area contributed by atoms with E-state index in [4.69, 9.17) is 0 Å². The van der Waals surface area contributed by atoms with Crippen LogP contribution in [0.25, 0.3) is 5.76 Å². The van der Waals surface area contributed by atoms with Crippen molar-refractivity contribution >= 4 is 34.7 Å². The fraction of sp³-hybridized carbons (Fsp3) is 0.154. The van der Waals surface area contributed by atoms with Gasteiger partial charge in [0.15, 0.2) is 0 Å². The Morgan fingerprint density at radius 2 is 1.73 bits per heavy atom. The molecule has 1 saturated heterocycles. The number of Topliss-reactive ketones (excluding diaryl/α,β-unsaturated/α-hetero) is 1. The molecule has 1 aromatic heterocycles. The number of benzene rings is 2. The molecule has 4 rings (SSSR count). The highest BCUT2D eigenvalue weighted by atomic mass is 16.3. The predicted octanol–water partition coefficient (Wildman–Crippen LogP) is 4.23. The smallest absolute Gasteiger partial charge is 0.300 e. The third kappa shape index (κ3) is 4.25. The molecule has 2 amide bonds. The van der Waals surface area contributed by atoms with Crippen LogP contribution in [0.3, 0.4) is 0 Å². The minimum absolute atomic E-state index is 0.0196. The third-order valence-corrected chi connectivity index (χ3v) is 5.51. The molecule has 1 fully saturated rings. The van der Waals surface area contributed by atoms with E-state index in [0.29, 0.717) is 22.6 Å². The van der Waals surface area contributed by atoms with Gasteiger partial charge in [-0.2, -0.15) is 0 Å². The summed E-state index contributed by atoms with van der Waals surface area (Å²) >= 11 is 0. The van der Waals surface area contributed by atoms with Gasteiger partial charge in [-0.25, -0.2) is 0 Å². The van der Waals surface area contributed by atoms with Crippen LogP contribution in [-0.2, 0) is 20.8 Å². The van der Waals surface area contributed by atoms with Crippen molar-refractivity contribution < 1.29 is 19.5 Å². The largest absolute Gasteiger partial charge is 0.507 e. The summed E-state index contributed by atoms with van der Waals surface area (Å²) in [5.41, 5.74) is 2.98. The number of nitrogens with zero attached hydrogens (tertiary/aromatic N) is 2. The molecule has 0 bridgehead atoms. The van der Waals surface area contributed by atoms with Gasteiger partial charge in [-0.1, -0.05) is 37.3 Å². The van der Waals surface area contributed by atoms with E-state index in [0.717, 1.165) is 12.0 Å². The van der Waals surface area contributed by atoms with E-state index in [-0.39, 0.29) is 17.2 Å². The lowest BCUT2D eigenvalue weighted by Gasteiger charge is -2.24. The molecule has 7 heteroatoms. The Morgan fingerprint density at radius 3 is 2.30 bits per heavy atom. The number of nitrogens with one attached hydrogen (secondary N) is 1. The molecule has 33 heavy (non-hydrogen) atoms. The molecule has 2 heterocycles. The molecule has 2 aromatic carbocycles. The number of aromatic nitrogens is 1. The van der Waals surface area contributed by atoms with Gasteiger partial charge in [0.05, 0.1) is 11.3 Å². The standard InChI is InChI=1S/C26H23N3O4/c1-3-17-7-9-18(10-8-17)24(31)22-23(21-6-4-5-15-27-21)29(26(33)25(22)32)20-13-11-19(12-14-20)28-16(2)30/h4-15,23,31H,3H2,1-2H3,(H,28,30)/b24-22-. The van der Waals surface area contributed by atoms with Gasteiger partial charge in [-0.3, -0.25) is 24.3 Å². The topological polar surface area (TPSA) is 99.6 Å². The minimum atomic E-state index is -0.899. The van der Waals surface area contributed by atoms with Crippen LogP contribution in [-0.4, -0.2) is 27.7 Å². The SMILES string of the molecule is CCc1ccc(/C(O)=C2/C(=O)C(=O)N(c3ccc(NC(C)=O)cc3)C2c2ccccn2)cc1. The van der Waals surface area contributed by atoms with Crippen LogP contribution >= 0.6 is 0 Å². The molecule has 1 unspecified atom stereocenters. The van der Waals surface area contributed by atoms with Gasteiger partial charge in [-0.05, 0) is 48.4 Å². The summed E-state index contributed by atoms with van der Waals surface area (Å²) in [4.78, 5) is 43.3. The highest BCUT2D eigenvalue weighted by Gasteiger charge is 2.47. The Labute approximate surface area is 191 Å². The number of amides is 2. The summed E-state index contributed by atoms with van der Waals surface area (Å²) in [7, 11) is 0. The quantitative estimate of drug-likeness (QED) is 0.351. The molecule has 2 N–H and O–H groups in total. The zero-order chi connectivity index (χ0) is 23.5. The van der Waals surface area contributed by atoms with Crippen molar-refractivity contribution in [2.75, 3.05) is 10.2 Å². The van der Waals surface area contributed by atoms with E-state index in [9.17, 15) is 19.5 Å². The van der Waals surface area contributed by atoms with Gasteiger partial charge in [0.1, 0.15) is 11.8 Å². The monoisotopic (exact) mass is 441 g/mol. The van der Waals surface area contributed by atoms with Crippen molar-refractivity contribution in [3.63, 3.8) is 0 Å². The lowest BCUT2D eigenvalue weighted by molar-refractivity contribution is -0.132. The molecular weight excluding hydrogens is 418 g/mol. The molecule has 7 nitrogen and oxygen atoms in total. The second kappa shape index (κ2) is 9.08. The Hall–Kier alpha value is -4.26. The summed E-state index contributed by atoms with van der Waals surface area (Å²) in [5, 5.41) is 13.8. The Balaban J connectivity index is 1.84. The number of aliphatic hydroxyl groups is 1. The normalized spacial score (nSPS) is 17.3. The molecule has 0 aliphatic carbocycles. The molecule has 0 spiro atoms. The second-order valence-electron chi connectivity index (χ2n) is 7.70. The van der Waals surface area contributed by atoms with E-state index in [1.54, 1.807) is 60.8 Å². The van der Waals surface area contributed by atoms with Crippen LogP contribution in [0.15, 0.2) is 78.5 Å². The average molecular weight is 441 g/mol. The van der Waals surface area contributed by atoms with Crippen LogP contribution in [0.2, 0.25) is 0 Å². The first kappa shape index (κ1) is 22.0. The second-order valence-corrected chi connectivity index (χ2v) is 7.70. The number of aliphatic hydroxyl groups excluding tert-OH is 1. The van der Waals surface area contributed by atoms with Crippen LogP contribution in [0.1, 0.15) is 36.7 Å². The molecular formula is C26H23N3O4. The molecule has 1 atom stereocenters. The van der Waals surface area contributed by atoms with Crippen molar-refractivity contribution in [3.05, 3.63) is 95.3 Å². The number of hydrogen-bond acceptors (Lipinski definition) is 5. The number of aryl methyl sites for hydroxylation is 1. The number of carbonyl (C=O) groups excluding carboxylic acids is 3. The summed E-state index contributed by atoms with van der Waals surface area (Å²) in [5.74, 6) is -2.01. The molecule has 1 aliphatic rings. The minimum Gasteiger partial charge on any atom is -0.507 e. The van der Waals surface area contributed by atoms with Crippen molar-refractivity contribution in [1.29, 1.82) is 0 Å². The Morgan fingerprint density at radius 1 is 1.03 bits per heavy atom. The first-order chi connectivity index (χ1) is 15.9. The van der Waals surface area contributed by atoms with E-state index in [1.807, 2.05) is 19.1 Å². The van der Waals surface area contributed by atoms with Gasteiger partial charge in [-0.15, -0.1) is 0 Å². The summed E-state index contributed by atoms with van der Waals surface area (Å²) in [6.45, 7) is 3.43. The van der Waals surface area contributed by atoms with E-state index in [1.165, 1.54) is 11.8 Å². The summed E-state index contributed by atoms with van der Waals surface area (Å²) in [6, 6.07) is 18.1. The molecule has 3 aromatic rings.